The van der Waals surface area contributed by atoms with Crippen molar-refractivity contribution in [3.63, 3.8) is 0 Å². The quantitative estimate of drug-likeness (QED) is 0.763. The first kappa shape index (κ1) is 14.4. The Morgan fingerprint density at radius 1 is 1.28 bits per heavy atom. The Morgan fingerprint density at radius 2 is 2.00 bits per heavy atom. The second kappa shape index (κ2) is 6.89. The van der Waals surface area contributed by atoms with Crippen LogP contribution in [0.15, 0.2) is 18.2 Å². The number of aromatic hydroxyl groups is 2. The molecule has 0 heterocycles. The van der Waals surface area contributed by atoms with Gasteiger partial charge in [0, 0.05) is 20.0 Å². The van der Waals surface area contributed by atoms with E-state index in [9.17, 15) is 15.0 Å². The van der Waals surface area contributed by atoms with Crippen LogP contribution < -0.4 is 0 Å². The van der Waals surface area contributed by atoms with Crippen molar-refractivity contribution in [2.45, 2.75) is 32.6 Å². The van der Waals surface area contributed by atoms with Crippen LogP contribution >= 0.6 is 0 Å². The van der Waals surface area contributed by atoms with Gasteiger partial charge in [-0.3, -0.25) is 4.79 Å². The minimum Gasteiger partial charge on any atom is -0.504 e. The van der Waals surface area contributed by atoms with Crippen molar-refractivity contribution >= 4 is 5.91 Å². The van der Waals surface area contributed by atoms with Gasteiger partial charge < -0.3 is 15.1 Å². The molecule has 0 aliphatic heterocycles. The van der Waals surface area contributed by atoms with Crippen molar-refractivity contribution in [2.75, 3.05) is 13.6 Å². The molecule has 18 heavy (non-hydrogen) atoms. The van der Waals surface area contributed by atoms with Gasteiger partial charge in [-0.2, -0.15) is 0 Å². The molecule has 1 aromatic rings. The third kappa shape index (κ3) is 4.28. The summed E-state index contributed by atoms with van der Waals surface area (Å²) >= 11 is 0. The highest BCUT2D eigenvalue weighted by atomic mass is 16.3. The number of hydrogen-bond donors (Lipinski definition) is 2. The van der Waals surface area contributed by atoms with E-state index in [0.29, 0.717) is 12.8 Å². The van der Waals surface area contributed by atoms with Crippen molar-refractivity contribution < 1.29 is 15.0 Å². The summed E-state index contributed by atoms with van der Waals surface area (Å²) in [7, 11) is 1.81. The fourth-order valence-electron chi connectivity index (χ4n) is 1.69. The van der Waals surface area contributed by atoms with Crippen LogP contribution in [0.2, 0.25) is 0 Å². The summed E-state index contributed by atoms with van der Waals surface area (Å²) < 4.78 is 0. The first-order valence-corrected chi connectivity index (χ1v) is 6.29. The number of amides is 1. The molecule has 0 saturated heterocycles. The van der Waals surface area contributed by atoms with Crippen LogP contribution in [0.1, 0.15) is 31.7 Å². The second-order valence-corrected chi connectivity index (χ2v) is 4.49. The summed E-state index contributed by atoms with van der Waals surface area (Å²) in [5.41, 5.74) is 0.850. The van der Waals surface area contributed by atoms with Gasteiger partial charge in [0.15, 0.2) is 11.5 Å². The van der Waals surface area contributed by atoms with Crippen molar-refractivity contribution in [3.05, 3.63) is 23.8 Å². The Morgan fingerprint density at radius 3 is 2.61 bits per heavy atom. The number of carbonyl (C=O) groups is 1. The predicted molar refractivity (Wildman–Crippen MR) is 70.6 cm³/mol. The molecule has 0 fully saturated rings. The minimum absolute atomic E-state index is 0.107. The Labute approximate surface area is 108 Å². The Kier molecular flexibility index (Phi) is 5.49. The SMILES string of the molecule is CCCCN(C)C(=O)CCc1ccc(O)c(O)c1. The number of rotatable bonds is 6. The van der Waals surface area contributed by atoms with Crippen molar-refractivity contribution in [3.8, 4) is 11.5 Å². The van der Waals surface area contributed by atoms with Crippen molar-refractivity contribution in [2.24, 2.45) is 0 Å². The molecule has 0 aliphatic rings. The molecular formula is C14H21NO3. The number of nitrogens with zero attached hydrogens (tertiary/aromatic N) is 1. The van der Waals surface area contributed by atoms with Gasteiger partial charge >= 0.3 is 0 Å². The third-order valence-electron chi connectivity index (χ3n) is 2.94. The van der Waals surface area contributed by atoms with Gasteiger partial charge in [0.1, 0.15) is 0 Å². The smallest absolute Gasteiger partial charge is 0.222 e. The highest BCUT2D eigenvalue weighted by molar-refractivity contribution is 5.76. The molecule has 0 saturated carbocycles. The van der Waals surface area contributed by atoms with E-state index in [1.165, 1.54) is 12.1 Å². The van der Waals surface area contributed by atoms with Gasteiger partial charge in [0.25, 0.3) is 0 Å². The predicted octanol–water partition coefficient (Wildman–Crippen LogP) is 2.29. The number of aryl methyl sites for hydroxylation is 1. The second-order valence-electron chi connectivity index (χ2n) is 4.49. The number of carbonyl (C=O) groups excluding carboxylic acids is 1. The van der Waals surface area contributed by atoms with Crippen LogP contribution in [-0.2, 0) is 11.2 Å². The summed E-state index contributed by atoms with van der Waals surface area (Å²) in [6, 6.07) is 4.65. The lowest BCUT2D eigenvalue weighted by Gasteiger charge is -2.16. The first-order valence-electron chi connectivity index (χ1n) is 6.29. The van der Waals surface area contributed by atoms with Crippen molar-refractivity contribution in [1.29, 1.82) is 0 Å². The molecule has 0 aromatic heterocycles. The van der Waals surface area contributed by atoms with E-state index >= 15 is 0 Å². The van der Waals surface area contributed by atoms with E-state index in [1.807, 2.05) is 7.05 Å². The van der Waals surface area contributed by atoms with E-state index in [-0.39, 0.29) is 17.4 Å². The number of phenols is 2. The van der Waals surface area contributed by atoms with Crippen LogP contribution in [0, 0.1) is 0 Å². The lowest BCUT2D eigenvalue weighted by Crippen LogP contribution is -2.27. The number of unbranched alkanes of at least 4 members (excludes halogenated alkanes) is 1. The summed E-state index contributed by atoms with van der Waals surface area (Å²) in [4.78, 5) is 13.5. The van der Waals surface area contributed by atoms with Gasteiger partial charge in [-0.1, -0.05) is 19.4 Å². The number of phenolic OH excluding ortho intramolecular Hbond substituents is 2. The fourth-order valence-corrected chi connectivity index (χ4v) is 1.69. The van der Waals surface area contributed by atoms with Crippen LogP contribution in [0.3, 0.4) is 0 Å². The summed E-state index contributed by atoms with van der Waals surface area (Å²) in [6.45, 7) is 2.88. The first-order chi connectivity index (χ1) is 8.54. The molecule has 1 amide bonds. The average Bonchev–Trinajstić information content (AvgIpc) is 2.36. The molecule has 0 unspecified atom stereocenters. The monoisotopic (exact) mass is 251 g/mol. The van der Waals surface area contributed by atoms with Gasteiger partial charge in [0.05, 0.1) is 0 Å². The lowest BCUT2D eigenvalue weighted by molar-refractivity contribution is -0.129. The Hall–Kier alpha value is -1.71. The summed E-state index contributed by atoms with van der Waals surface area (Å²) in [5.74, 6) is -0.166. The van der Waals surface area contributed by atoms with E-state index in [4.69, 9.17) is 0 Å². The Balaban J connectivity index is 2.44. The van der Waals surface area contributed by atoms with Gasteiger partial charge in [-0.15, -0.1) is 0 Å². The highest BCUT2D eigenvalue weighted by Gasteiger charge is 2.09. The zero-order valence-electron chi connectivity index (χ0n) is 11.0. The van der Waals surface area contributed by atoms with E-state index in [2.05, 4.69) is 6.92 Å². The topological polar surface area (TPSA) is 60.8 Å². The standard InChI is InChI=1S/C14H21NO3/c1-3-4-9-15(2)14(18)8-6-11-5-7-12(16)13(17)10-11/h5,7,10,16-17H,3-4,6,8-9H2,1-2H3. The van der Waals surface area contributed by atoms with Crippen LogP contribution in [-0.4, -0.2) is 34.6 Å². The maximum absolute atomic E-state index is 11.8. The average molecular weight is 251 g/mol. The maximum atomic E-state index is 11.8. The molecule has 0 spiro atoms. The van der Waals surface area contributed by atoms with Gasteiger partial charge in [-0.05, 0) is 30.5 Å². The van der Waals surface area contributed by atoms with E-state index < -0.39 is 0 Å². The number of benzene rings is 1. The normalized spacial score (nSPS) is 10.3. The molecule has 4 heteroatoms. The largest absolute Gasteiger partial charge is 0.504 e. The molecule has 1 rings (SSSR count). The van der Waals surface area contributed by atoms with Gasteiger partial charge in [-0.25, -0.2) is 0 Å². The zero-order valence-corrected chi connectivity index (χ0v) is 11.0. The number of hydrogen-bond acceptors (Lipinski definition) is 3. The molecule has 2 N–H and O–H groups in total. The maximum Gasteiger partial charge on any atom is 0.222 e. The van der Waals surface area contributed by atoms with Crippen molar-refractivity contribution in [1.82, 2.24) is 4.90 Å². The summed E-state index contributed by atoms with van der Waals surface area (Å²) in [5, 5.41) is 18.5. The molecule has 1 aromatic carbocycles. The van der Waals surface area contributed by atoms with Crippen LogP contribution in [0.4, 0.5) is 0 Å². The summed E-state index contributed by atoms with van der Waals surface area (Å²) in [6.07, 6.45) is 3.08. The molecule has 0 bridgehead atoms. The molecule has 0 radical (unpaired) electrons. The molecule has 100 valence electrons. The van der Waals surface area contributed by atoms with E-state index in [0.717, 1.165) is 24.9 Å². The minimum atomic E-state index is -0.140. The van der Waals surface area contributed by atoms with Crippen LogP contribution in [0.5, 0.6) is 11.5 Å². The fraction of sp³-hybridized carbons (Fsp3) is 0.500. The molecule has 4 nitrogen and oxygen atoms in total. The van der Waals surface area contributed by atoms with Gasteiger partial charge in [0.2, 0.25) is 5.91 Å². The molecular weight excluding hydrogens is 230 g/mol. The third-order valence-corrected chi connectivity index (χ3v) is 2.94. The molecule has 0 aliphatic carbocycles. The zero-order chi connectivity index (χ0) is 13.5. The Bertz CT molecular complexity index is 404. The highest BCUT2D eigenvalue weighted by Crippen LogP contribution is 2.25. The lowest BCUT2D eigenvalue weighted by atomic mass is 10.1. The van der Waals surface area contributed by atoms with E-state index in [1.54, 1.807) is 11.0 Å². The van der Waals surface area contributed by atoms with Crippen LogP contribution in [0.25, 0.3) is 0 Å². The molecule has 0 atom stereocenters.